The third-order valence-corrected chi connectivity index (χ3v) is 3.31. The van der Waals surface area contributed by atoms with Crippen molar-refractivity contribution in [2.75, 3.05) is 20.3 Å². The molecule has 0 amide bonds. The molecular formula is C13H17Cl2NO2. The Labute approximate surface area is 117 Å². The summed E-state index contributed by atoms with van der Waals surface area (Å²) < 4.78 is 4.94. The highest BCUT2D eigenvalue weighted by molar-refractivity contribution is 6.42. The van der Waals surface area contributed by atoms with Gasteiger partial charge in [0, 0.05) is 19.3 Å². The molecule has 0 aliphatic rings. The van der Waals surface area contributed by atoms with Gasteiger partial charge in [0.25, 0.3) is 0 Å². The van der Waals surface area contributed by atoms with Crippen LogP contribution in [0, 0.1) is 0 Å². The molecule has 0 saturated heterocycles. The maximum atomic E-state index is 12.1. The van der Waals surface area contributed by atoms with Crippen LogP contribution in [0.2, 0.25) is 10.0 Å². The first-order valence-electron chi connectivity index (χ1n) is 5.78. The number of ether oxygens (including phenoxy) is 1. The van der Waals surface area contributed by atoms with E-state index < -0.39 is 0 Å². The average molecular weight is 290 g/mol. The van der Waals surface area contributed by atoms with E-state index >= 15 is 0 Å². The predicted molar refractivity (Wildman–Crippen MR) is 74.8 cm³/mol. The zero-order chi connectivity index (χ0) is 13.5. The van der Waals surface area contributed by atoms with E-state index in [1.807, 2.05) is 6.92 Å². The van der Waals surface area contributed by atoms with E-state index in [-0.39, 0.29) is 11.8 Å². The first kappa shape index (κ1) is 15.4. The number of methoxy groups -OCH3 is 1. The van der Waals surface area contributed by atoms with E-state index in [0.717, 1.165) is 13.0 Å². The Morgan fingerprint density at radius 3 is 2.72 bits per heavy atom. The third kappa shape index (κ3) is 4.58. The SMILES string of the molecule is COCCCNC(C)C(=O)c1ccc(Cl)c(Cl)c1. The molecule has 0 aliphatic heterocycles. The molecule has 1 aromatic carbocycles. The monoisotopic (exact) mass is 289 g/mol. The number of carbonyl (C=O) groups is 1. The predicted octanol–water partition coefficient (Wildman–Crippen LogP) is 3.19. The average Bonchev–Trinajstić information content (AvgIpc) is 2.37. The van der Waals surface area contributed by atoms with E-state index in [2.05, 4.69) is 5.32 Å². The minimum Gasteiger partial charge on any atom is -0.385 e. The number of Topliss-reactive ketones (excluding diaryl/α,β-unsaturated/α-hetero) is 1. The Balaban J connectivity index is 2.54. The number of halogens is 2. The lowest BCUT2D eigenvalue weighted by Crippen LogP contribution is -2.35. The van der Waals surface area contributed by atoms with Gasteiger partial charge in [-0.15, -0.1) is 0 Å². The van der Waals surface area contributed by atoms with E-state index in [9.17, 15) is 4.79 Å². The van der Waals surface area contributed by atoms with Crippen molar-refractivity contribution in [3.63, 3.8) is 0 Å². The summed E-state index contributed by atoms with van der Waals surface area (Å²) in [5.74, 6) is 0.00554. The van der Waals surface area contributed by atoms with E-state index in [1.54, 1.807) is 25.3 Å². The molecule has 1 unspecified atom stereocenters. The van der Waals surface area contributed by atoms with E-state index in [4.69, 9.17) is 27.9 Å². The standard InChI is InChI=1S/C13H17Cl2NO2/c1-9(16-6-3-7-18-2)13(17)10-4-5-11(14)12(15)8-10/h4-5,8-9,16H,3,6-7H2,1-2H3. The minimum atomic E-state index is -0.251. The van der Waals surface area contributed by atoms with Gasteiger partial charge >= 0.3 is 0 Å². The van der Waals surface area contributed by atoms with Gasteiger partial charge in [0.15, 0.2) is 5.78 Å². The highest BCUT2D eigenvalue weighted by Crippen LogP contribution is 2.23. The molecule has 0 aliphatic carbocycles. The summed E-state index contributed by atoms with van der Waals surface area (Å²) in [7, 11) is 1.66. The summed E-state index contributed by atoms with van der Waals surface area (Å²) in [5.41, 5.74) is 0.566. The molecule has 1 atom stereocenters. The van der Waals surface area contributed by atoms with Crippen LogP contribution < -0.4 is 5.32 Å². The fourth-order valence-corrected chi connectivity index (χ4v) is 1.83. The second-order valence-corrected chi connectivity index (χ2v) is 4.83. The third-order valence-electron chi connectivity index (χ3n) is 2.57. The highest BCUT2D eigenvalue weighted by atomic mass is 35.5. The number of benzene rings is 1. The van der Waals surface area contributed by atoms with Crippen molar-refractivity contribution >= 4 is 29.0 Å². The smallest absolute Gasteiger partial charge is 0.179 e. The highest BCUT2D eigenvalue weighted by Gasteiger charge is 2.15. The normalized spacial score (nSPS) is 12.4. The molecular weight excluding hydrogens is 273 g/mol. The van der Waals surface area contributed by atoms with Crippen molar-refractivity contribution in [3.05, 3.63) is 33.8 Å². The van der Waals surface area contributed by atoms with Crippen molar-refractivity contribution in [3.8, 4) is 0 Å². The molecule has 1 rings (SSSR count). The van der Waals surface area contributed by atoms with Crippen LogP contribution in [0.25, 0.3) is 0 Å². The molecule has 3 nitrogen and oxygen atoms in total. The second kappa shape index (κ2) is 7.74. The second-order valence-electron chi connectivity index (χ2n) is 4.02. The molecule has 0 fully saturated rings. The number of ketones is 1. The number of nitrogens with one attached hydrogen (secondary N) is 1. The van der Waals surface area contributed by atoms with Gasteiger partial charge in [0.1, 0.15) is 0 Å². The van der Waals surface area contributed by atoms with Gasteiger partial charge < -0.3 is 10.1 Å². The molecule has 1 N–H and O–H groups in total. The summed E-state index contributed by atoms with van der Waals surface area (Å²) in [6, 6.07) is 4.66. The molecule has 0 aromatic heterocycles. The zero-order valence-corrected chi connectivity index (χ0v) is 12.0. The zero-order valence-electron chi connectivity index (χ0n) is 10.5. The Morgan fingerprint density at radius 1 is 1.39 bits per heavy atom. The van der Waals surface area contributed by atoms with E-state index in [1.165, 1.54) is 0 Å². The summed E-state index contributed by atoms with van der Waals surface area (Å²) in [4.78, 5) is 12.1. The molecule has 0 radical (unpaired) electrons. The number of carbonyl (C=O) groups excluding carboxylic acids is 1. The van der Waals surface area contributed by atoms with Gasteiger partial charge in [-0.25, -0.2) is 0 Å². The van der Waals surface area contributed by atoms with Crippen LogP contribution in [0.1, 0.15) is 23.7 Å². The summed E-state index contributed by atoms with van der Waals surface area (Å²) in [5, 5.41) is 3.99. The van der Waals surface area contributed by atoms with Gasteiger partial charge in [-0.05, 0) is 38.1 Å². The number of hydrogen-bond acceptors (Lipinski definition) is 3. The van der Waals surface area contributed by atoms with Gasteiger partial charge in [-0.3, -0.25) is 4.79 Å². The largest absolute Gasteiger partial charge is 0.385 e. The molecule has 18 heavy (non-hydrogen) atoms. The van der Waals surface area contributed by atoms with Crippen LogP contribution in [0.4, 0.5) is 0 Å². The van der Waals surface area contributed by atoms with Crippen LogP contribution in [0.5, 0.6) is 0 Å². The molecule has 5 heteroatoms. The lowest BCUT2D eigenvalue weighted by Gasteiger charge is -2.13. The minimum absolute atomic E-state index is 0.00554. The van der Waals surface area contributed by atoms with Crippen molar-refractivity contribution in [1.29, 1.82) is 0 Å². The van der Waals surface area contributed by atoms with Crippen molar-refractivity contribution in [2.24, 2.45) is 0 Å². The Morgan fingerprint density at radius 2 is 2.11 bits per heavy atom. The van der Waals surface area contributed by atoms with Gasteiger partial charge in [0.2, 0.25) is 0 Å². The van der Waals surface area contributed by atoms with Gasteiger partial charge in [0.05, 0.1) is 16.1 Å². The van der Waals surface area contributed by atoms with Gasteiger partial charge in [-0.2, -0.15) is 0 Å². The fraction of sp³-hybridized carbons (Fsp3) is 0.462. The lowest BCUT2D eigenvalue weighted by atomic mass is 10.1. The lowest BCUT2D eigenvalue weighted by molar-refractivity contribution is 0.0949. The summed E-state index contributed by atoms with van der Waals surface area (Å²) in [6.45, 7) is 3.25. The first-order chi connectivity index (χ1) is 8.56. The quantitative estimate of drug-likeness (QED) is 0.619. The molecule has 1 aromatic rings. The van der Waals surface area contributed by atoms with Crippen molar-refractivity contribution in [2.45, 2.75) is 19.4 Å². The van der Waals surface area contributed by atoms with Crippen LogP contribution in [0.3, 0.4) is 0 Å². The Bertz CT molecular complexity index is 410. The van der Waals surface area contributed by atoms with Crippen LogP contribution in [-0.2, 0) is 4.74 Å². The topological polar surface area (TPSA) is 38.3 Å². The molecule has 0 heterocycles. The Hall–Kier alpha value is -0.610. The maximum absolute atomic E-state index is 12.1. The fourth-order valence-electron chi connectivity index (χ4n) is 1.53. The van der Waals surface area contributed by atoms with Crippen molar-refractivity contribution < 1.29 is 9.53 Å². The first-order valence-corrected chi connectivity index (χ1v) is 6.53. The Kier molecular flexibility index (Phi) is 6.65. The van der Waals surface area contributed by atoms with Crippen molar-refractivity contribution in [1.82, 2.24) is 5.32 Å². The van der Waals surface area contributed by atoms with Crippen LogP contribution in [0.15, 0.2) is 18.2 Å². The summed E-state index contributed by atoms with van der Waals surface area (Å²) >= 11 is 11.7. The molecule has 0 saturated carbocycles. The molecule has 100 valence electrons. The van der Waals surface area contributed by atoms with Crippen LogP contribution >= 0.6 is 23.2 Å². The van der Waals surface area contributed by atoms with Gasteiger partial charge in [-0.1, -0.05) is 23.2 Å². The summed E-state index contributed by atoms with van der Waals surface area (Å²) in [6.07, 6.45) is 0.871. The molecule has 0 spiro atoms. The molecule has 0 bridgehead atoms. The van der Waals surface area contributed by atoms with E-state index in [0.29, 0.717) is 22.2 Å². The van der Waals surface area contributed by atoms with Crippen LogP contribution in [-0.4, -0.2) is 32.1 Å². The number of hydrogen-bond donors (Lipinski definition) is 1. The maximum Gasteiger partial charge on any atom is 0.179 e. The number of rotatable bonds is 7.